The van der Waals surface area contributed by atoms with Gasteiger partial charge in [-0.05, 0) is 17.7 Å². The Kier molecular flexibility index (Phi) is 7.86. The number of methoxy groups -OCH3 is 2. The molecular formula is C21H19Cl2N5O5. The number of ether oxygens (including phenoxy) is 2. The summed E-state index contributed by atoms with van der Waals surface area (Å²) < 4.78 is 10.4. The normalized spacial score (nSPS) is 11.4. The molecule has 10 nitrogen and oxygen atoms in total. The fourth-order valence-electron chi connectivity index (χ4n) is 2.94. The molecule has 1 unspecified atom stereocenters. The minimum Gasteiger partial charge on any atom is -0.480 e. The first-order valence-corrected chi connectivity index (χ1v) is 10.2. The zero-order valence-corrected chi connectivity index (χ0v) is 19.0. The standard InChI is InChI=1S/C21H19Cl2N5O5/c1-32-19-17(20(33-2)26-10-25-19)28-15(21(30)31)7-11-3-5-12(6-4-11)27-18(29)16-13(22)8-24-9-14(16)23/h3-6,8-10,15,28H,7H2,1-2H3,(H,27,29)(H,30,31). The fraction of sp³-hybridized carbons (Fsp3) is 0.190. The average Bonchev–Trinajstić information content (AvgIpc) is 2.79. The van der Waals surface area contributed by atoms with Gasteiger partial charge in [-0.25, -0.2) is 4.79 Å². The molecule has 12 heteroatoms. The summed E-state index contributed by atoms with van der Waals surface area (Å²) in [4.78, 5) is 36.1. The Morgan fingerprint density at radius 2 is 1.61 bits per heavy atom. The number of hydrogen-bond acceptors (Lipinski definition) is 8. The van der Waals surface area contributed by atoms with Crippen LogP contribution in [-0.2, 0) is 11.2 Å². The largest absolute Gasteiger partial charge is 0.480 e. The van der Waals surface area contributed by atoms with E-state index in [0.717, 1.165) is 0 Å². The van der Waals surface area contributed by atoms with E-state index < -0.39 is 17.9 Å². The molecule has 0 radical (unpaired) electrons. The van der Waals surface area contributed by atoms with Crippen LogP contribution in [0.5, 0.6) is 11.8 Å². The van der Waals surface area contributed by atoms with Gasteiger partial charge in [-0.2, -0.15) is 9.97 Å². The number of hydrogen-bond donors (Lipinski definition) is 3. The van der Waals surface area contributed by atoms with Crippen molar-refractivity contribution in [2.75, 3.05) is 24.9 Å². The number of aliphatic carboxylic acids is 1. The number of carboxylic acids is 1. The molecular weight excluding hydrogens is 473 g/mol. The van der Waals surface area contributed by atoms with Crippen molar-refractivity contribution >= 4 is 46.5 Å². The van der Waals surface area contributed by atoms with E-state index in [-0.39, 0.29) is 39.5 Å². The number of halogens is 2. The molecule has 3 aromatic rings. The molecule has 172 valence electrons. The maximum Gasteiger partial charge on any atom is 0.326 e. The molecule has 0 aliphatic heterocycles. The molecule has 0 aliphatic rings. The van der Waals surface area contributed by atoms with Crippen LogP contribution in [0.1, 0.15) is 15.9 Å². The molecule has 0 fully saturated rings. The summed E-state index contributed by atoms with van der Waals surface area (Å²) in [5, 5.41) is 15.5. The first-order valence-electron chi connectivity index (χ1n) is 9.45. The Balaban J connectivity index is 1.74. The molecule has 3 N–H and O–H groups in total. The van der Waals surface area contributed by atoms with Crippen molar-refractivity contribution in [2.24, 2.45) is 0 Å². The third-order valence-corrected chi connectivity index (χ3v) is 5.09. The van der Waals surface area contributed by atoms with Gasteiger partial charge in [0.15, 0.2) is 5.69 Å². The molecule has 33 heavy (non-hydrogen) atoms. The summed E-state index contributed by atoms with van der Waals surface area (Å²) in [5.74, 6) is -1.28. The van der Waals surface area contributed by atoms with Crippen molar-refractivity contribution in [2.45, 2.75) is 12.5 Å². The number of amides is 1. The SMILES string of the molecule is COc1ncnc(OC)c1NC(Cc1ccc(NC(=O)c2c(Cl)cncc2Cl)cc1)C(=O)O. The fourth-order valence-corrected chi connectivity index (χ4v) is 3.48. The van der Waals surface area contributed by atoms with Crippen LogP contribution < -0.4 is 20.1 Å². The lowest BCUT2D eigenvalue weighted by atomic mass is 10.1. The van der Waals surface area contributed by atoms with Gasteiger partial charge in [-0.15, -0.1) is 0 Å². The van der Waals surface area contributed by atoms with Crippen molar-refractivity contribution in [1.82, 2.24) is 15.0 Å². The third-order valence-electron chi connectivity index (χ3n) is 4.51. The minimum absolute atomic E-state index is 0.112. The molecule has 1 atom stereocenters. The van der Waals surface area contributed by atoms with E-state index in [2.05, 4.69) is 25.6 Å². The molecule has 0 spiro atoms. The van der Waals surface area contributed by atoms with Gasteiger partial charge in [0, 0.05) is 24.5 Å². The Morgan fingerprint density at radius 1 is 1.03 bits per heavy atom. The van der Waals surface area contributed by atoms with E-state index in [1.807, 2.05) is 0 Å². The van der Waals surface area contributed by atoms with Crippen molar-refractivity contribution in [1.29, 1.82) is 0 Å². The van der Waals surface area contributed by atoms with Crippen LogP contribution in [-0.4, -0.2) is 52.2 Å². The number of benzene rings is 1. The summed E-state index contributed by atoms with van der Waals surface area (Å²) in [6.45, 7) is 0. The second-order valence-electron chi connectivity index (χ2n) is 6.64. The molecule has 0 aliphatic carbocycles. The molecule has 1 aromatic carbocycles. The van der Waals surface area contributed by atoms with Crippen molar-refractivity contribution in [3.05, 3.63) is 64.2 Å². The second-order valence-corrected chi connectivity index (χ2v) is 7.45. The predicted molar refractivity (Wildman–Crippen MR) is 123 cm³/mol. The maximum absolute atomic E-state index is 12.5. The van der Waals surface area contributed by atoms with Crippen LogP contribution in [0.15, 0.2) is 43.0 Å². The summed E-state index contributed by atoms with van der Waals surface area (Å²) >= 11 is 12.0. The van der Waals surface area contributed by atoms with E-state index >= 15 is 0 Å². The number of rotatable bonds is 9. The van der Waals surface area contributed by atoms with E-state index in [4.69, 9.17) is 32.7 Å². The highest BCUT2D eigenvalue weighted by molar-refractivity contribution is 6.40. The van der Waals surface area contributed by atoms with Crippen LogP contribution in [0.4, 0.5) is 11.4 Å². The zero-order chi connectivity index (χ0) is 24.0. The lowest BCUT2D eigenvalue weighted by Crippen LogP contribution is -2.32. The van der Waals surface area contributed by atoms with Crippen LogP contribution in [0.25, 0.3) is 0 Å². The van der Waals surface area contributed by atoms with E-state index in [1.54, 1.807) is 24.3 Å². The van der Waals surface area contributed by atoms with E-state index in [9.17, 15) is 14.7 Å². The van der Waals surface area contributed by atoms with Gasteiger partial charge in [-0.1, -0.05) is 35.3 Å². The van der Waals surface area contributed by atoms with Crippen LogP contribution >= 0.6 is 23.2 Å². The number of anilines is 2. The van der Waals surface area contributed by atoms with Crippen LogP contribution in [0, 0.1) is 0 Å². The molecule has 1 amide bonds. The molecule has 3 rings (SSSR count). The highest BCUT2D eigenvalue weighted by atomic mass is 35.5. The van der Waals surface area contributed by atoms with Crippen molar-refractivity contribution in [3.63, 3.8) is 0 Å². The maximum atomic E-state index is 12.5. The van der Waals surface area contributed by atoms with Crippen LogP contribution in [0.3, 0.4) is 0 Å². The van der Waals surface area contributed by atoms with Gasteiger partial charge in [0.2, 0.25) is 11.8 Å². The quantitative estimate of drug-likeness (QED) is 0.410. The van der Waals surface area contributed by atoms with Gasteiger partial charge < -0.3 is 25.2 Å². The third kappa shape index (κ3) is 5.79. The number of nitrogens with one attached hydrogen (secondary N) is 2. The molecule has 0 saturated carbocycles. The molecule has 0 saturated heterocycles. The molecule has 0 bridgehead atoms. The summed E-state index contributed by atoms with van der Waals surface area (Å²) in [7, 11) is 2.81. The lowest BCUT2D eigenvalue weighted by Gasteiger charge is -2.18. The number of aromatic nitrogens is 3. The van der Waals surface area contributed by atoms with Gasteiger partial charge >= 0.3 is 5.97 Å². The Bertz CT molecular complexity index is 1120. The summed E-state index contributed by atoms with van der Waals surface area (Å²) in [6, 6.07) is 5.63. The molecule has 2 heterocycles. The first kappa shape index (κ1) is 24.0. The lowest BCUT2D eigenvalue weighted by molar-refractivity contribution is -0.137. The smallest absolute Gasteiger partial charge is 0.326 e. The van der Waals surface area contributed by atoms with Crippen molar-refractivity contribution in [3.8, 4) is 11.8 Å². The Labute approximate surface area is 198 Å². The van der Waals surface area contributed by atoms with Gasteiger partial charge in [-0.3, -0.25) is 9.78 Å². The second kappa shape index (κ2) is 10.8. The monoisotopic (exact) mass is 491 g/mol. The van der Waals surface area contributed by atoms with Gasteiger partial charge in [0.25, 0.3) is 5.91 Å². The highest BCUT2D eigenvalue weighted by Crippen LogP contribution is 2.31. The first-order chi connectivity index (χ1) is 15.8. The van der Waals surface area contributed by atoms with E-state index in [1.165, 1.54) is 32.9 Å². The highest BCUT2D eigenvalue weighted by Gasteiger charge is 2.23. The van der Waals surface area contributed by atoms with E-state index in [0.29, 0.717) is 11.3 Å². The topological polar surface area (TPSA) is 136 Å². The number of carbonyl (C=O) groups excluding carboxylic acids is 1. The zero-order valence-electron chi connectivity index (χ0n) is 17.5. The number of carbonyl (C=O) groups is 2. The van der Waals surface area contributed by atoms with Gasteiger partial charge in [0.05, 0.1) is 29.8 Å². The van der Waals surface area contributed by atoms with Gasteiger partial charge in [0.1, 0.15) is 12.4 Å². The average molecular weight is 492 g/mol. The minimum atomic E-state index is -1.10. The van der Waals surface area contributed by atoms with Crippen molar-refractivity contribution < 1.29 is 24.2 Å². The number of carboxylic acid groups (broad SMARTS) is 1. The Morgan fingerprint density at radius 3 is 2.12 bits per heavy atom. The van der Waals surface area contributed by atoms with Crippen LogP contribution in [0.2, 0.25) is 10.0 Å². The predicted octanol–water partition coefficient (Wildman–Crippen LogP) is 3.56. The number of nitrogens with zero attached hydrogens (tertiary/aromatic N) is 3. The Hall–Kier alpha value is -3.63. The number of pyridine rings is 1. The summed E-state index contributed by atoms with van der Waals surface area (Å²) in [5.41, 5.74) is 1.51. The molecule has 2 aromatic heterocycles. The summed E-state index contributed by atoms with van der Waals surface area (Å²) in [6.07, 6.45) is 4.02.